The van der Waals surface area contributed by atoms with E-state index < -0.39 is 10.0 Å². The number of nitrogens with zero attached hydrogens (tertiary/aromatic N) is 2. The Hall–Kier alpha value is -2.71. The quantitative estimate of drug-likeness (QED) is 0.673. The highest BCUT2D eigenvalue weighted by Gasteiger charge is 2.28. The Morgan fingerprint density at radius 2 is 1.93 bits per heavy atom. The molecule has 0 unspecified atom stereocenters. The molecule has 1 fully saturated rings. The molecule has 0 bridgehead atoms. The summed E-state index contributed by atoms with van der Waals surface area (Å²) in [5.74, 6) is 0.748. The third-order valence-corrected chi connectivity index (χ3v) is 7.07. The zero-order valence-corrected chi connectivity index (χ0v) is 17.9. The molecule has 8 heteroatoms. The molecular weight excluding hydrogens is 402 g/mol. The zero-order chi connectivity index (χ0) is 21.3. The number of sulfonamides is 1. The van der Waals surface area contributed by atoms with Gasteiger partial charge in [0.2, 0.25) is 10.0 Å². The second-order valence-corrected chi connectivity index (χ2v) is 9.33. The van der Waals surface area contributed by atoms with Crippen molar-refractivity contribution >= 4 is 27.0 Å². The van der Waals surface area contributed by atoms with Gasteiger partial charge in [-0.25, -0.2) is 18.1 Å². The molecule has 1 N–H and O–H groups in total. The maximum Gasteiger partial charge on any atom is 0.254 e. The number of para-hydroxylation sites is 2. The summed E-state index contributed by atoms with van der Waals surface area (Å²) in [6, 6.07) is 12.4. The maximum atomic E-state index is 13.1. The second kappa shape index (κ2) is 8.20. The van der Waals surface area contributed by atoms with Crippen LogP contribution in [0.3, 0.4) is 0 Å². The summed E-state index contributed by atoms with van der Waals surface area (Å²) in [4.78, 5) is 19.6. The number of carbonyl (C=O) groups is 1. The predicted octanol–water partition coefficient (Wildman–Crippen LogP) is 3.45. The number of hydrogen-bond donors (Lipinski definition) is 1. The normalized spacial score (nSPS) is 15.6. The first kappa shape index (κ1) is 20.6. The van der Waals surface area contributed by atoms with Crippen LogP contribution in [0.15, 0.2) is 51.8 Å². The predicted molar refractivity (Wildman–Crippen MR) is 114 cm³/mol. The molecule has 2 aromatic carbocycles. The Morgan fingerprint density at radius 3 is 2.63 bits per heavy atom. The highest BCUT2D eigenvalue weighted by Crippen LogP contribution is 2.31. The Balaban J connectivity index is 1.49. The number of nitrogens with one attached hydrogen (secondary N) is 1. The molecule has 30 heavy (non-hydrogen) atoms. The van der Waals surface area contributed by atoms with Crippen LogP contribution in [-0.2, 0) is 10.0 Å². The van der Waals surface area contributed by atoms with Gasteiger partial charge in [0.25, 0.3) is 5.91 Å². The van der Waals surface area contributed by atoms with E-state index in [4.69, 9.17) is 4.42 Å². The van der Waals surface area contributed by atoms with Crippen molar-refractivity contribution in [2.75, 3.05) is 19.6 Å². The molecule has 2 heterocycles. The van der Waals surface area contributed by atoms with E-state index >= 15 is 0 Å². The molecule has 0 spiro atoms. The molecule has 1 aliphatic rings. The molecule has 7 nitrogen and oxygen atoms in total. The lowest BCUT2D eigenvalue weighted by molar-refractivity contribution is 0.0705. The smallest absolute Gasteiger partial charge is 0.254 e. The van der Waals surface area contributed by atoms with Crippen molar-refractivity contribution in [1.29, 1.82) is 0 Å². The minimum absolute atomic E-state index is 0.111. The number of carbonyl (C=O) groups excluding carboxylic acids is 1. The molecule has 1 aromatic heterocycles. The first-order valence-corrected chi connectivity index (χ1v) is 11.6. The number of aryl methyl sites for hydroxylation is 1. The lowest BCUT2D eigenvalue weighted by atomic mass is 9.96. The van der Waals surface area contributed by atoms with Crippen LogP contribution in [-0.4, -0.2) is 43.8 Å². The standard InChI is InChI=1S/C22H25N3O4S/c1-3-23-30(27,28)17-9-8-15(2)18(14-17)22(26)25-12-10-16(11-13-25)21-24-19-6-4-5-7-20(19)29-21/h4-9,14,16,23H,3,10-13H2,1-2H3. The van der Waals surface area contributed by atoms with Crippen LogP contribution in [0.25, 0.3) is 11.1 Å². The van der Waals surface area contributed by atoms with Crippen molar-refractivity contribution in [3.8, 4) is 0 Å². The van der Waals surface area contributed by atoms with Crippen molar-refractivity contribution in [2.24, 2.45) is 0 Å². The van der Waals surface area contributed by atoms with Crippen molar-refractivity contribution < 1.29 is 17.6 Å². The van der Waals surface area contributed by atoms with E-state index in [1.54, 1.807) is 17.9 Å². The fraction of sp³-hybridized carbons (Fsp3) is 0.364. The van der Waals surface area contributed by atoms with E-state index in [0.29, 0.717) is 25.2 Å². The third kappa shape index (κ3) is 3.97. The highest BCUT2D eigenvalue weighted by atomic mass is 32.2. The Labute approximate surface area is 176 Å². The minimum Gasteiger partial charge on any atom is -0.440 e. The van der Waals surface area contributed by atoms with Gasteiger partial charge in [-0.3, -0.25) is 4.79 Å². The molecular formula is C22H25N3O4S. The third-order valence-electron chi connectivity index (χ3n) is 5.53. The average molecular weight is 428 g/mol. The Kier molecular flexibility index (Phi) is 5.62. The molecule has 1 saturated heterocycles. The molecule has 158 valence electrons. The van der Waals surface area contributed by atoms with Crippen molar-refractivity contribution in [1.82, 2.24) is 14.6 Å². The van der Waals surface area contributed by atoms with Gasteiger partial charge in [-0.1, -0.05) is 25.1 Å². The van der Waals surface area contributed by atoms with Crippen LogP contribution >= 0.6 is 0 Å². The van der Waals surface area contributed by atoms with Crippen molar-refractivity contribution in [3.63, 3.8) is 0 Å². The van der Waals surface area contributed by atoms with E-state index in [-0.39, 0.29) is 16.7 Å². The van der Waals surface area contributed by atoms with Gasteiger partial charge in [-0.15, -0.1) is 0 Å². The zero-order valence-electron chi connectivity index (χ0n) is 17.1. The van der Waals surface area contributed by atoms with E-state index in [9.17, 15) is 13.2 Å². The van der Waals surface area contributed by atoms with Gasteiger partial charge in [0.1, 0.15) is 5.52 Å². The summed E-state index contributed by atoms with van der Waals surface area (Å²) in [6.45, 7) is 4.99. The monoisotopic (exact) mass is 427 g/mol. The van der Waals surface area contributed by atoms with Crippen molar-refractivity contribution in [3.05, 3.63) is 59.5 Å². The molecule has 0 atom stereocenters. The first-order chi connectivity index (χ1) is 14.4. The number of oxazole rings is 1. The summed E-state index contributed by atoms with van der Waals surface area (Å²) >= 11 is 0. The van der Waals surface area contributed by atoms with E-state index in [0.717, 1.165) is 35.4 Å². The minimum atomic E-state index is -3.61. The van der Waals surface area contributed by atoms with Crippen LogP contribution in [0.1, 0.15) is 47.5 Å². The maximum absolute atomic E-state index is 13.1. The number of amides is 1. The number of fused-ring (bicyclic) bond motifs is 1. The molecule has 1 amide bonds. The summed E-state index contributed by atoms with van der Waals surface area (Å²) in [5.41, 5.74) is 2.81. The van der Waals surface area contributed by atoms with Gasteiger partial charge in [0, 0.05) is 31.1 Å². The molecule has 4 rings (SSSR count). The van der Waals surface area contributed by atoms with Gasteiger partial charge in [-0.2, -0.15) is 0 Å². The lowest BCUT2D eigenvalue weighted by Gasteiger charge is -2.31. The fourth-order valence-corrected chi connectivity index (χ4v) is 4.90. The first-order valence-electron chi connectivity index (χ1n) is 10.1. The SMILES string of the molecule is CCNS(=O)(=O)c1ccc(C)c(C(=O)N2CCC(c3nc4ccccc4o3)CC2)c1. The molecule has 1 aliphatic heterocycles. The van der Waals surface area contributed by atoms with Crippen molar-refractivity contribution in [2.45, 2.75) is 37.5 Å². The molecule has 0 saturated carbocycles. The van der Waals surface area contributed by atoms with E-state index in [2.05, 4.69) is 9.71 Å². The highest BCUT2D eigenvalue weighted by molar-refractivity contribution is 7.89. The molecule has 0 aliphatic carbocycles. The van der Waals surface area contributed by atoms with Gasteiger partial charge < -0.3 is 9.32 Å². The number of aromatic nitrogens is 1. The van der Waals surface area contributed by atoms with E-state index in [1.807, 2.05) is 31.2 Å². The summed E-state index contributed by atoms with van der Waals surface area (Å²) in [6.07, 6.45) is 1.51. The number of piperidine rings is 1. The van der Waals surface area contributed by atoms with Gasteiger partial charge in [0.15, 0.2) is 11.5 Å². The largest absolute Gasteiger partial charge is 0.440 e. The topological polar surface area (TPSA) is 92.5 Å². The van der Waals surface area contributed by atoms with Gasteiger partial charge in [-0.05, 0) is 49.6 Å². The van der Waals surface area contributed by atoms with Crippen LogP contribution < -0.4 is 4.72 Å². The average Bonchev–Trinajstić information content (AvgIpc) is 3.18. The van der Waals surface area contributed by atoms with Crippen LogP contribution in [0, 0.1) is 6.92 Å². The summed E-state index contributed by atoms with van der Waals surface area (Å²) in [7, 11) is -3.61. The number of likely N-dealkylation sites (tertiary alicyclic amines) is 1. The van der Waals surface area contributed by atoms with Crippen LogP contribution in [0.5, 0.6) is 0 Å². The molecule has 3 aromatic rings. The second-order valence-electron chi connectivity index (χ2n) is 7.56. The number of benzene rings is 2. The van der Waals surface area contributed by atoms with Crippen LogP contribution in [0.2, 0.25) is 0 Å². The number of hydrogen-bond acceptors (Lipinski definition) is 5. The Bertz CT molecular complexity index is 1150. The summed E-state index contributed by atoms with van der Waals surface area (Å²) < 4.78 is 33.0. The Morgan fingerprint density at radius 1 is 1.20 bits per heavy atom. The van der Waals surface area contributed by atoms with Gasteiger partial charge >= 0.3 is 0 Å². The summed E-state index contributed by atoms with van der Waals surface area (Å²) in [5, 5.41) is 0. The van der Waals surface area contributed by atoms with Crippen LogP contribution in [0.4, 0.5) is 0 Å². The molecule has 0 radical (unpaired) electrons. The van der Waals surface area contributed by atoms with E-state index in [1.165, 1.54) is 12.1 Å². The number of rotatable bonds is 5. The fourth-order valence-electron chi connectivity index (χ4n) is 3.84. The van der Waals surface area contributed by atoms with Gasteiger partial charge in [0.05, 0.1) is 4.90 Å². The lowest BCUT2D eigenvalue weighted by Crippen LogP contribution is -2.38.